The number of carbonyl (C=O) groups excluding carboxylic acids is 1. The molecule has 0 aromatic heterocycles. The molecule has 2 fully saturated rings. The van der Waals surface area contributed by atoms with E-state index in [0.717, 1.165) is 36.0 Å². The molecular weight excluding hydrogens is 308 g/mol. The lowest BCUT2D eigenvalue weighted by molar-refractivity contribution is -0.137. The van der Waals surface area contributed by atoms with Crippen LogP contribution in [0.4, 0.5) is 5.69 Å². The number of rotatable bonds is 3. The van der Waals surface area contributed by atoms with Crippen molar-refractivity contribution < 1.29 is 9.90 Å². The van der Waals surface area contributed by atoms with Gasteiger partial charge >= 0.3 is 0 Å². The molecule has 2 N–H and O–H groups in total. The first-order valence-electron chi connectivity index (χ1n) is 7.18. The van der Waals surface area contributed by atoms with Gasteiger partial charge < -0.3 is 15.3 Å². The number of aliphatic hydroxyl groups is 1. The summed E-state index contributed by atoms with van der Waals surface area (Å²) in [6.07, 6.45) is 1.44. The van der Waals surface area contributed by atoms with E-state index >= 15 is 0 Å². The average Bonchev–Trinajstić information content (AvgIpc) is 3.09. The van der Waals surface area contributed by atoms with Crippen LogP contribution in [0.15, 0.2) is 24.3 Å². The van der Waals surface area contributed by atoms with Crippen LogP contribution in [-0.4, -0.2) is 47.3 Å². The predicted octanol–water partition coefficient (Wildman–Crippen LogP) is 1.90. The molecule has 0 radical (unpaired) electrons. The molecule has 1 aromatic rings. The van der Waals surface area contributed by atoms with E-state index in [-0.39, 0.29) is 11.9 Å². The molecule has 2 heterocycles. The highest BCUT2D eigenvalue weighted by Gasteiger charge is 2.40. The SMILES string of the molecule is O=C(NC1CCN(c2cccc(Cl)c2)C1)C1(O)CCSC1. The van der Waals surface area contributed by atoms with Gasteiger partial charge in [-0.2, -0.15) is 11.8 Å². The van der Waals surface area contributed by atoms with Crippen molar-refractivity contribution >= 4 is 35.0 Å². The highest BCUT2D eigenvalue weighted by molar-refractivity contribution is 7.99. The minimum absolute atomic E-state index is 0.0890. The summed E-state index contributed by atoms with van der Waals surface area (Å²) in [7, 11) is 0. The maximum atomic E-state index is 12.2. The van der Waals surface area contributed by atoms with Crippen molar-refractivity contribution in [3.05, 3.63) is 29.3 Å². The Kier molecular flexibility index (Phi) is 4.33. The fourth-order valence-electron chi connectivity index (χ4n) is 2.84. The number of halogens is 1. The molecule has 0 aliphatic carbocycles. The number of thioether (sulfide) groups is 1. The summed E-state index contributed by atoms with van der Waals surface area (Å²) in [6, 6.07) is 7.84. The van der Waals surface area contributed by atoms with Crippen LogP contribution in [0.5, 0.6) is 0 Å². The summed E-state index contributed by atoms with van der Waals surface area (Å²) in [5.74, 6) is 1.14. The van der Waals surface area contributed by atoms with Crippen molar-refractivity contribution in [2.24, 2.45) is 0 Å². The highest BCUT2D eigenvalue weighted by atomic mass is 35.5. The van der Waals surface area contributed by atoms with Crippen LogP contribution in [0, 0.1) is 0 Å². The van der Waals surface area contributed by atoms with Gasteiger partial charge in [0.25, 0.3) is 5.91 Å². The monoisotopic (exact) mass is 326 g/mol. The third kappa shape index (κ3) is 3.30. The molecule has 114 valence electrons. The zero-order chi connectivity index (χ0) is 14.9. The number of hydrogen-bond donors (Lipinski definition) is 2. The van der Waals surface area contributed by atoms with Crippen LogP contribution < -0.4 is 10.2 Å². The van der Waals surface area contributed by atoms with Crippen molar-refractivity contribution in [1.82, 2.24) is 5.32 Å². The first kappa shape index (κ1) is 15.0. The van der Waals surface area contributed by atoms with E-state index < -0.39 is 5.60 Å². The minimum Gasteiger partial charge on any atom is -0.379 e. The molecule has 6 heteroatoms. The molecule has 0 saturated carbocycles. The second-order valence-corrected chi connectivity index (χ2v) is 7.26. The van der Waals surface area contributed by atoms with Gasteiger partial charge in [-0.15, -0.1) is 0 Å². The van der Waals surface area contributed by atoms with Gasteiger partial charge in [-0.1, -0.05) is 17.7 Å². The zero-order valence-electron chi connectivity index (χ0n) is 11.7. The molecular formula is C15H19ClN2O2S. The van der Waals surface area contributed by atoms with E-state index in [4.69, 9.17) is 11.6 Å². The summed E-state index contributed by atoms with van der Waals surface area (Å²) >= 11 is 7.65. The van der Waals surface area contributed by atoms with Gasteiger partial charge in [0.05, 0.1) is 0 Å². The Morgan fingerprint density at radius 2 is 2.38 bits per heavy atom. The number of carbonyl (C=O) groups is 1. The number of hydrogen-bond acceptors (Lipinski definition) is 4. The van der Waals surface area contributed by atoms with Crippen LogP contribution in [0.2, 0.25) is 5.02 Å². The normalized spacial score (nSPS) is 28.9. The summed E-state index contributed by atoms with van der Waals surface area (Å²) in [4.78, 5) is 14.4. The molecule has 1 aromatic carbocycles. The number of nitrogens with one attached hydrogen (secondary N) is 1. The van der Waals surface area contributed by atoms with Gasteiger partial charge in [-0.05, 0) is 36.8 Å². The molecule has 2 saturated heterocycles. The Balaban J connectivity index is 1.58. The Morgan fingerprint density at radius 1 is 1.52 bits per heavy atom. The second kappa shape index (κ2) is 6.07. The Morgan fingerprint density at radius 3 is 3.10 bits per heavy atom. The van der Waals surface area contributed by atoms with Gasteiger partial charge in [0.2, 0.25) is 0 Å². The Hall–Kier alpha value is -0.910. The fraction of sp³-hybridized carbons (Fsp3) is 0.533. The van der Waals surface area contributed by atoms with E-state index in [9.17, 15) is 9.90 Å². The highest BCUT2D eigenvalue weighted by Crippen LogP contribution is 2.29. The first-order valence-corrected chi connectivity index (χ1v) is 8.72. The Labute approximate surface area is 133 Å². The van der Waals surface area contributed by atoms with Crippen LogP contribution in [0.3, 0.4) is 0 Å². The summed E-state index contributed by atoms with van der Waals surface area (Å²) in [6.45, 7) is 1.65. The summed E-state index contributed by atoms with van der Waals surface area (Å²) in [5, 5.41) is 14.0. The Bertz CT molecular complexity index is 534. The van der Waals surface area contributed by atoms with Crippen molar-refractivity contribution in [3.8, 4) is 0 Å². The number of amides is 1. The molecule has 0 spiro atoms. The number of benzene rings is 1. The smallest absolute Gasteiger partial charge is 0.253 e. The van der Waals surface area contributed by atoms with E-state index in [2.05, 4.69) is 10.2 Å². The van der Waals surface area contributed by atoms with E-state index in [1.807, 2.05) is 24.3 Å². The van der Waals surface area contributed by atoms with E-state index in [1.54, 1.807) is 11.8 Å². The molecule has 21 heavy (non-hydrogen) atoms. The number of anilines is 1. The van der Waals surface area contributed by atoms with E-state index in [0.29, 0.717) is 12.2 Å². The molecule has 0 bridgehead atoms. The molecule has 3 rings (SSSR count). The van der Waals surface area contributed by atoms with Gasteiger partial charge in [0.1, 0.15) is 0 Å². The van der Waals surface area contributed by atoms with Crippen LogP contribution in [0.25, 0.3) is 0 Å². The lowest BCUT2D eigenvalue weighted by atomic mass is 10.0. The maximum absolute atomic E-state index is 12.2. The molecule has 2 aliphatic rings. The topological polar surface area (TPSA) is 52.6 Å². The second-order valence-electron chi connectivity index (χ2n) is 5.72. The third-order valence-corrected chi connectivity index (χ3v) is 5.53. The van der Waals surface area contributed by atoms with Crippen molar-refractivity contribution in [3.63, 3.8) is 0 Å². The molecule has 2 atom stereocenters. The summed E-state index contributed by atoms with van der Waals surface area (Å²) < 4.78 is 0. The third-order valence-electron chi connectivity index (χ3n) is 4.12. The lowest BCUT2D eigenvalue weighted by Gasteiger charge is -2.24. The quantitative estimate of drug-likeness (QED) is 0.891. The van der Waals surface area contributed by atoms with Crippen LogP contribution in [0.1, 0.15) is 12.8 Å². The largest absolute Gasteiger partial charge is 0.379 e. The average molecular weight is 327 g/mol. The van der Waals surface area contributed by atoms with Crippen molar-refractivity contribution in [2.75, 3.05) is 29.5 Å². The zero-order valence-corrected chi connectivity index (χ0v) is 13.3. The van der Waals surface area contributed by atoms with Crippen LogP contribution >= 0.6 is 23.4 Å². The van der Waals surface area contributed by atoms with Crippen LogP contribution in [-0.2, 0) is 4.79 Å². The standard InChI is InChI=1S/C15H19ClN2O2S/c16-11-2-1-3-13(8-11)18-6-4-12(9-18)17-14(19)15(20)5-7-21-10-15/h1-3,8,12,20H,4-7,9-10H2,(H,17,19). The van der Waals surface area contributed by atoms with Gasteiger partial charge in [-0.25, -0.2) is 0 Å². The fourth-order valence-corrected chi connectivity index (χ4v) is 4.26. The van der Waals surface area contributed by atoms with Crippen molar-refractivity contribution in [1.29, 1.82) is 0 Å². The van der Waals surface area contributed by atoms with E-state index in [1.165, 1.54) is 0 Å². The van der Waals surface area contributed by atoms with Gasteiger partial charge in [0, 0.05) is 35.6 Å². The predicted molar refractivity (Wildman–Crippen MR) is 87.1 cm³/mol. The molecule has 2 unspecified atom stereocenters. The summed E-state index contributed by atoms with van der Waals surface area (Å²) in [5.41, 5.74) is -0.0943. The molecule has 1 amide bonds. The first-order chi connectivity index (χ1) is 10.1. The number of nitrogens with zero attached hydrogens (tertiary/aromatic N) is 1. The van der Waals surface area contributed by atoms with Crippen molar-refractivity contribution in [2.45, 2.75) is 24.5 Å². The molecule has 2 aliphatic heterocycles. The van der Waals surface area contributed by atoms with Gasteiger partial charge in [-0.3, -0.25) is 4.79 Å². The maximum Gasteiger partial charge on any atom is 0.253 e. The lowest BCUT2D eigenvalue weighted by Crippen LogP contribution is -2.51. The minimum atomic E-state index is -1.17. The molecule has 4 nitrogen and oxygen atoms in total. The van der Waals surface area contributed by atoms with Gasteiger partial charge in [0.15, 0.2) is 5.60 Å².